The second-order valence-corrected chi connectivity index (χ2v) is 3.44. The zero-order valence-electron chi connectivity index (χ0n) is 7.31. The van der Waals surface area contributed by atoms with Gasteiger partial charge in [-0.15, -0.1) is 0 Å². The summed E-state index contributed by atoms with van der Waals surface area (Å²) in [5.74, 6) is 0.00590. The van der Waals surface area contributed by atoms with Crippen molar-refractivity contribution in [3.63, 3.8) is 0 Å². The summed E-state index contributed by atoms with van der Waals surface area (Å²) in [6.45, 7) is -0.292. The Bertz CT molecular complexity index is 397. The normalized spacial score (nSPS) is 10.9. The minimum absolute atomic E-state index is 0.00590. The molecule has 0 heterocycles. The van der Waals surface area contributed by atoms with Crippen LogP contribution in [0.3, 0.4) is 0 Å². The molecule has 0 aliphatic rings. The predicted octanol–water partition coefficient (Wildman–Crippen LogP) is 3.37. The maximum atomic E-state index is 12.3. The molecule has 0 aliphatic heterocycles. The van der Waals surface area contributed by atoms with Crippen molar-refractivity contribution < 1.29 is 17.9 Å². The molecule has 0 spiro atoms. The van der Waals surface area contributed by atoms with Crippen molar-refractivity contribution in [2.24, 2.45) is 0 Å². The molecule has 0 N–H and O–H groups in total. The highest BCUT2D eigenvalue weighted by molar-refractivity contribution is 9.10. The molecule has 0 unspecified atom stereocenters. The molecule has 0 radical (unpaired) electrons. The molecule has 6 heteroatoms. The summed E-state index contributed by atoms with van der Waals surface area (Å²) in [7, 11) is 0. The maximum absolute atomic E-state index is 12.3. The monoisotopic (exact) mass is 279 g/mol. The van der Waals surface area contributed by atoms with Crippen LogP contribution in [0.5, 0.6) is 5.75 Å². The third-order valence-corrected chi connectivity index (χ3v) is 2.21. The van der Waals surface area contributed by atoms with Gasteiger partial charge in [-0.3, -0.25) is 0 Å². The first-order valence-electron chi connectivity index (χ1n) is 3.81. The molecule has 0 saturated carbocycles. The van der Waals surface area contributed by atoms with E-state index in [9.17, 15) is 13.2 Å². The molecule has 0 aromatic heterocycles. The fraction of sp³-hybridized carbons (Fsp3) is 0.222. The van der Waals surface area contributed by atoms with E-state index in [1.165, 1.54) is 6.07 Å². The first kappa shape index (κ1) is 11.9. The molecule has 1 rings (SSSR count). The zero-order chi connectivity index (χ0) is 11.5. The van der Waals surface area contributed by atoms with Crippen LogP contribution in [-0.2, 0) is 6.18 Å². The van der Waals surface area contributed by atoms with Crippen LogP contribution in [0, 0.1) is 11.3 Å². The van der Waals surface area contributed by atoms with Gasteiger partial charge < -0.3 is 4.74 Å². The van der Waals surface area contributed by atoms with E-state index in [0.717, 1.165) is 12.1 Å². The molecule has 0 atom stereocenters. The van der Waals surface area contributed by atoms with Gasteiger partial charge in [0, 0.05) is 0 Å². The minimum atomic E-state index is -4.41. The van der Waals surface area contributed by atoms with Crippen molar-refractivity contribution in [3.8, 4) is 11.8 Å². The number of rotatable bonds is 2. The lowest BCUT2D eigenvalue weighted by Gasteiger charge is -2.10. The topological polar surface area (TPSA) is 33.0 Å². The second-order valence-electron chi connectivity index (χ2n) is 2.59. The van der Waals surface area contributed by atoms with E-state index in [1.54, 1.807) is 6.07 Å². The highest BCUT2D eigenvalue weighted by Gasteiger charge is 2.31. The SMILES string of the molecule is N#CCOc1cc(C(F)(F)F)ccc1Br. The standard InChI is InChI=1S/C9H5BrF3NO/c10-7-2-1-6(9(11,12)13)5-8(7)15-4-3-14/h1-2,5H,4H2. The van der Waals surface area contributed by atoms with Crippen LogP contribution in [0.4, 0.5) is 13.2 Å². The number of benzene rings is 1. The van der Waals surface area contributed by atoms with E-state index in [4.69, 9.17) is 10.00 Å². The Labute approximate surface area is 92.4 Å². The van der Waals surface area contributed by atoms with Crippen LogP contribution in [0.15, 0.2) is 22.7 Å². The molecular weight excluding hydrogens is 275 g/mol. The van der Waals surface area contributed by atoms with Gasteiger partial charge in [0.15, 0.2) is 6.61 Å². The van der Waals surface area contributed by atoms with Crippen LogP contribution in [0.1, 0.15) is 5.56 Å². The lowest BCUT2D eigenvalue weighted by atomic mass is 10.2. The number of alkyl halides is 3. The summed E-state index contributed by atoms with van der Waals surface area (Å²) in [4.78, 5) is 0. The quantitative estimate of drug-likeness (QED) is 0.832. The van der Waals surface area contributed by atoms with Crippen LogP contribution in [0.25, 0.3) is 0 Å². The van der Waals surface area contributed by atoms with E-state index < -0.39 is 11.7 Å². The Kier molecular flexibility index (Phi) is 3.58. The lowest BCUT2D eigenvalue weighted by molar-refractivity contribution is -0.137. The third kappa shape index (κ3) is 3.13. The average Bonchev–Trinajstić information content (AvgIpc) is 2.15. The Hall–Kier alpha value is -1.22. The van der Waals surface area contributed by atoms with Crippen LogP contribution >= 0.6 is 15.9 Å². The molecule has 0 saturated heterocycles. The van der Waals surface area contributed by atoms with Crippen molar-refractivity contribution in [1.29, 1.82) is 5.26 Å². The first-order valence-corrected chi connectivity index (χ1v) is 4.61. The average molecular weight is 280 g/mol. The summed E-state index contributed by atoms with van der Waals surface area (Å²) in [5, 5.41) is 8.24. The third-order valence-electron chi connectivity index (χ3n) is 1.55. The van der Waals surface area contributed by atoms with Gasteiger partial charge in [0.25, 0.3) is 0 Å². The second kappa shape index (κ2) is 4.53. The van der Waals surface area contributed by atoms with Crippen LogP contribution in [0.2, 0.25) is 0 Å². The molecule has 15 heavy (non-hydrogen) atoms. The van der Waals surface area contributed by atoms with E-state index in [-0.39, 0.29) is 12.4 Å². The van der Waals surface area contributed by atoms with Gasteiger partial charge in [-0.05, 0) is 34.1 Å². The van der Waals surface area contributed by atoms with Gasteiger partial charge in [0.2, 0.25) is 0 Å². The fourth-order valence-electron chi connectivity index (χ4n) is 0.900. The first-order chi connectivity index (χ1) is 6.95. The van der Waals surface area contributed by atoms with Gasteiger partial charge in [-0.2, -0.15) is 18.4 Å². The van der Waals surface area contributed by atoms with Crippen molar-refractivity contribution >= 4 is 15.9 Å². The van der Waals surface area contributed by atoms with E-state index in [1.807, 2.05) is 0 Å². The van der Waals surface area contributed by atoms with E-state index in [0.29, 0.717) is 4.47 Å². The zero-order valence-corrected chi connectivity index (χ0v) is 8.89. The number of nitrogens with zero attached hydrogens (tertiary/aromatic N) is 1. The Morgan fingerprint density at radius 2 is 2.07 bits per heavy atom. The Morgan fingerprint density at radius 1 is 1.40 bits per heavy atom. The summed E-state index contributed by atoms with van der Waals surface area (Å²) in [5.41, 5.74) is -0.807. The van der Waals surface area contributed by atoms with Crippen molar-refractivity contribution in [3.05, 3.63) is 28.2 Å². The van der Waals surface area contributed by atoms with Gasteiger partial charge in [0.1, 0.15) is 11.8 Å². The summed E-state index contributed by atoms with van der Waals surface area (Å²) < 4.78 is 42.1. The number of nitriles is 1. The summed E-state index contributed by atoms with van der Waals surface area (Å²) in [6.07, 6.45) is -4.41. The molecule has 0 aliphatic carbocycles. The Balaban J connectivity index is 3.01. The summed E-state index contributed by atoms with van der Waals surface area (Å²) >= 11 is 3.03. The largest absolute Gasteiger partial charge is 0.478 e. The number of hydrogen-bond donors (Lipinski definition) is 0. The van der Waals surface area contributed by atoms with Crippen molar-refractivity contribution in [2.75, 3.05) is 6.61 Å². The van der Waals surface area contributed by atoms with Gasteiger partial charge in [-0.25, -0.2) is 0 Å². The highest BCUT2D eigenvalue weighted by atomic mass is 79.9. The molecule has 0 amide bonds. The van der Waals surface area contributed by atoms with E-state index in [2.05, 4.69) is 15.9 Å². The lowest BCUT2D eigenvalue weighted by Crippen LogP contribution is -2.05. The highest BCUT2D eigenvalue weighted by Crippen LogP contribution is 2.34. The van der Waals surface area contributed by atoms with Crippen LogP contribution in [-0.4, -0.2) is 6.61 Å². The molecule has 1 aromatic carbocycles. The van der Waals surface area contributed by atoms with Gasteiger partial charge >= 0.3 is 6.18 Å². The Morgan fingerprint density at radius 3 is 2.60 bits per heavy atom. The fourth-order valence-corrected chi connectivity index (χ4v) is 1.26. The number of ether oxygens (including phenoxy) is 1. The molecule has 2 nitrogen and oxygen atoms in total. The molecule has 80 valence electrons. The molecule has 1 aromatic rings. The van der Waals surface area contributed by atoms with E-state index >= 15 is 0 Å². The molecule has 0 bridgehead atoms. The number of hydrogen-bond acceptors (Lipinski definition) is 2. The summed E-state index contributed by atoms with van der Waals surface area (Å²) in [6, 6.07) is 4.69. The van der Waals surface area contributed by atoms with Crippen LogP contribution < -0.4 is 4.74 Å². The predicted molar refractivity (Wildman–Crippen MR) is 50.3 cm³/mol. The number of halogens is 4. The molecular formula is C9H5BrF3NO. The maximum Gasteiger partial charge on any atom is 0.416 e. The molecule has 0 fully saturated rings. The smallest absolute Gasteiger partial charge is 0.416 e. The van der Waals surface area contributed by atoms with Crippen molar-refractivity contribution in [2.45, 2.75) is 6.18 Å². The van der Waals surface area contributed by atoms with Gasteiger partial charge in [-0.1, -0.05) is 0 Å². The van der Waals surface area contributed by atoms with Gasteiger partial charge in [0.05, 0.1) is 10.0 Å². The minimum Gasteiger partial charge on any atom is -0.478 e. The van der Waals surface area contributed by atoms with Crippen molar-refractivity contribution in [1.82, 2.24) is 0 Å².